The quantitative estimate of drug-likeness (QED) is 0.612. The molecule has 30 heavy (non-hydrogen) atoms. The summed E-state index contributed by atoms with van der Waals surface area (Å²) in [6.07, 6.45) is 0. The van der Waals surface area contributed by atoms with Crippen LogP contribution in [0.5, 0.6) is 0 Å². The van der Waals surface area contributed by atoms with Crippen LogP contribution in [0.3, 0.4) is 0 Å². The maximum atomic E-state index is 12.5. The third kappa shape index (κ3) is 5.57. The van der Waals surface area contributed by atoms with Gasteiger partial charge in [-0.2, -0.15) is 0 Å². The number of benzene rings is 2. The first kappa shape index (κ1) is 21.8. The number of rotatable bonds is 6. The van der Waals surface area contributed by atoms with E-state index in [1.807, 2.05) is 75.4 Å². The topological polar surface area (TPSA) is 75.2 Å². The van der Waals surface area contributed by atoms with E-state index in [9.17, 15) is 9.59 Å². The summed E-state index contributed by atoms with van der Waals surface area (Å²) in [5.41, 5.74) is 1.49. The standard InChI is InChI=1S/C23H26N4O2S/c1-23(2,3)24-19(28)14-27(4)20(29)15-30-22-18-13-9-8-12-17(18)21(25-26-22)16-10-6-5-7-11-16/h5-13H,14-15H2,1-4H3,(H,24,28). The number of amides is 2. The summed E-state index contributed by atoms with van der Waals surface area (Å²) in [4.78, 5) is 26.0. The van der Waals surface area contributed by atoms with Crippen molar-refractivity contribution in [2.45, 2.75) is 31.3 Å². The summed E-state index contributed by atoms with van der Waals surface area (Å²) in [5, 5.41) is 14.3. The molecule has 0 aliphatic rings. The molecule has 1 aromatic heterocycles. The number of hydrogen-bond acceptors (Lipinski definition) is 5. The Morgan fingerprint density at radius 1 is 0.967 bits per heavy atom. The first-order chi connectivity index (χ1) is 14.2. The smallest absolute Gasteiger partial charge is 0.240 e. The van der Waals surface area contributed by atoms with Crippen LogP contribution in [0.1, 0.15) is 20.8 Å². The van der Waals surface area contributed by atoms with Crippen molar-refractivity contribution >= 4 is 34.3 Å². The van der Waals surface area contributed by atoms with Gasteiger partial charge in [-0.25, -0.2) is 0 Å². The minimum atomic E-state index is -0.329. The van der Waals surface area contributed by atoms with Gasteiger partial charge in [-0.05, 0) is 20.8 Å². The van der Waals surface area contributed by atoms with Crippen molar-refractivity contribution in [2.75, 3.05) is 19.3 Å². The Hall–Kier alpha value is -2.93. The number of hydrogen-bond donors (Lipinski definition) is 1. The van der Waals surface area contributed by atoms with Gasteiger partial charge in [0.1, 0.15) is 10.7 Å². The minimum Gasteiger partial charge on any atom is -0.350 e. The summed E-state index contributed by atoms with van der Waals surface area (Å²) < 4.78 is 0. The van der Waals surface area contributed by atoms with Gasteiger partial charge in [0.2, 0.25) is 11.8 Å². The molecule has 0 aliphatic carbocycles. The van der Waals surface area contributed by atoms with Gasteiger partial charge in [-0.3, -0.25) is 9.59 Å². The van der Waals surface area contributed by atoms with Crippen LogP contribution >= 0.6 is 11.8 Å². The van der Waals surface area contributed by atoms with Crippen LogP contribution in [-0.4, -0.2) is 51.8 Å². The number of likely N-dealkylation sites (N-methyl/N-ethyl adjacent to an activating group) is 1. The Kier molecular flexibility index (Phi) is 6.72. The molecule has 0 saturated heterocycles. The number of carbonyl (C=O) groups is 2. The molecule has 3 aromatic rings. The van der Waals surface area contributed by atoms with Gasteiger partial charge in [0.15, 0.2) is 0 Å². The second kappa shape index (κ2) is 9.26. The number of nitrogens with zero attached hydrogens (tertiary/aromatic N) is 3. The molecule has 156 valence electrons. The number of nitrogens with one attached hydrogen (secondary N) is 1. The lowest BCUT2D eigenvalue weighted by atomic mass is 10.1. The monoisotopic (exact) mass is 422 g/mol. The maximum Gasteiger partial charge on any atom is 0.240 e. The lowest BCUT2D eigenvalue weighted by molar-refractivity contribution is -0.133. The van der Waals surface area contributed by atoms with Crippen LogP contribution in [-0.2, 0) is 9.59 Å². The van der Waals surface area contributed by atoms with Crippen LogP contribution in [0, 0.1) is 0 Å². The van der Waals surface area contributed by atoms with Crippen LogP contribution in [0.2, 0.25) is 0 Å². The molecule has 1 heterocycles. The van der Waals surface area contributed by atoms with Crippen LogP contribution < -0.4 is 5.32 Å². The predicted octanol–water partition coefficient (Wildman–Crippen LogP) is 3.76. The fraction of sp³-hybridized carbons (Fsp3) is 0.304. The van der Waals surface area contributed by atoms with Crippen molar-refractivity contribution in [2.24, 2.45) is 0 Å². The molecule has 3 rings (SSSR count). The van der Waals surface area contributed by atoms with E-state index in [-0.39, 0.29) is 29.7 Å². The summed E-state index contributed by atoms with van der Waals surface area (Å²) in [6, 6.07) is 17.8. The van der Waals surface area contributed by atoms with Gasteiger partial charge < -0.3 is 10.2 Å². The Bertz CT molecular complexity index is 1050. The Balaban J connectivity index is 1.72. The van der Waals surface area contributed by atoms with Crippen molar-refractivity contribution in [3.05, 3.63) is 54.6 Å². The molecule has 1 N–H and O–H groups in total. The number of thioether (sulfide) groups is 1. The molecule has 0 unspecified atom stereocenters. The predicted molar refractivity (Wildman–Crippen MR) is 121 cm³/mol. The molecular formula is C23H26N4O2S. The van der Waals surface area contributed by atoms with E-state index in [1.54, 1.807) is 7.05 Å². The Labute approximate surface area is 181 Å². The second-order valence-electron chi connectivity index (χ2n) is 8.10. The Morgan fingerprint density at radius 3 is 2.27 bits per heavy atom. The van der Waals surface area contributed by atoms with Crippen LogP contribution in [0.4, 0.5) is 0 Å². The van der Waals surface area contributed by atoms with E-state index in [1.165, 1.54) is 16.7 Å². The van der Waals surface area contributed by atoms with E-state index >= 15 is 0 Å². The molecule has 0 saturated carbocycles. The lowest BCUT2D eigenvalue weighted by Gasteiger charge is -2.23. The van der Waals surface area contributed by atoms with Crippen LogP contribution in [0.25, 0.3) is 22.0 Å². The number of fused-ring (bicyclic) bond motifs is 1. The molecule has 0 spiro atoms. The van der Waals surface area contributed by atoms with E-state index < -0.39 is 0 Å². The third-order valence-electron chi connectivity index (χ3n) is 4.35. The molecule has 2 amide bonds. The molecule has 0 fully saturated rings. The molecule has 0 bridgehead atoms. The first-order valence-electron chi connectivity index (χ1n) is 9.73. The largest absolute Gasteiger partial charge is 0.350 e. The van der Waals surface area contributed by atoms with Gasteiger partial charge in [0.05, 0.1) is 12.3 Å². The van der Waals surface area contributed by atoms with Crippen molar-refractivity contribution < 1.29 is 9.59 Å². The second-order valence-corrected chi connectivity index (χ2v) is 9.07. The van der Waals surface area contributed by atoms with Gasteiger partial charge in [0, 0.05) is 28.9 Å². The minimum absolute atomic E-state index is 0.0238. The molecule has 0 atom stereocenters. The lowest BCUT2D eigenvalue weighted by Crippen LogP contribution is -2.46. The van der Waals surface area contributed by atoms with Gasteiger partial charge >= 0.3 is 0 Å². The average molecular weight is 423 g/mol. The summed E-state index contributed by atoms with van der Waals surface area (Å²) in [5.74, 6) is -0.134. The first-order valence-corrected chi connectivity index (χ1v) is 10.7. The number of carbonyl (C=O) groups excluding carboxylic acids is 2. The highest BCUT2D eigenvalue weighted by molar-refractivity contribution is 8.00. The molecule has 0 radical (unpaired) electrons. The van der Waals surface area contributed by atoms with Crippen LogP contribution in [0.15, 0.2) is 59.6 Å². The van der Waals surface area contributed by atoms with Crippen molar-refractivity contribution in [1.82, 2.24) is 20.4 Å². The Morgan fingerprint density at radius 2 is 1.60 bits per heavy atom. The van der Waals surface area contributed by atoms with Gasteiger partial charge in [-0.15, -0.1) is 10.2 Å². The van der Waals surface area contributed by atoms with Crippen molar-refractivity contribution in [1.29, 1.82) is 0 Å². The molecule has 7 heteroatoms. The van der Waals surface area contributed by atoms with E-state index in [4.69, 9.17) is 0 Å². The SMILES string of the molecule is CN(CC(=O)NC(C)(C)C)C(=O)CSc1nnc(-c2ccccc2)c2ccccc12. The zero-order chi connectivity index (χ0) is 21.7. The highest BCUT2D eigenvalue weighted by atomic mass is 32.2. The fourth-order valence-corrected chi connectivity index (χ4v) is 3.91. The highest BCUT2D eigenvalue weighted by Crippen LogP contribution is 2.31. The maximum absolute atomic E-state index is 12.5. The zero-order valence-corrected chi connectivity index (χ0v) is 18.5. The fourth-order valence-electron chi connectivity index (χ4n) is 3.00. The molecule has 2 aromatic carbocycles. The number of aromatic nitrogens is 2. The molecule has 0 aliphatic heterocycles. The average Bonchev–Trinajstić information content (AvgIpc) is 2.70. The van der Waals surface area contributed by atoms with Crippen molar-refractivity contribution in [3.63, 3.8) is 0 Å². The van der Waals surface area contributed by atoms with E-state index in [0.29, 0.717) is 5.03 Å². The third-order valence-corrected chi connectivity index (χ3v) is 5.32. The van der Waals surface area contributed by atoms with Gasteiger partial charge in [-0.1, -0.05) is 66.4 Å². The summed E-state index contributed by atoms with van der Waals surface area (Å²) in [7, 11) is 1.63. The van der Waals surface area contributed by atoms with Crippen molar-refractivity contribution in [3.8, 4) is 11.3 Å². The summed E-state index contributed by atoms with van der Waals surface area (Å²) >= 11 is 1.33. The molecular weight excluding hydrogens is 396 g/mol. The normalized spacial score (nSPS) is 11.3. The van der Waals surface area contributed by atoms with E-state index in [0.717, 1.165) is 22.0 Å². The van der Waals surface area contributed by atoms with Gasteiger partial charge in [0.25, 0.3) is 0 Å². The highest BCUT2D eigenvalue weighted by Gasteiger charge is 2.19. The van der Waals surface area contributed by atoms with E-state index in [2.05, 4.69) is 15.5 Å². The molecule has 6 nitrogen and oxygen atoms in total. The summed E-state index contributed by atoms with van der Waals surface area (Å²) in [6.45, 7) is 5.75. The zero-order valence-electron chi connectivity index (χ0n) is 17.7.